The van der Waals surface area contributed by atoms with E-state index in [1.165, 1.54) is 64.2 Å². The monoisotopic (exact) mass is 879 g/mol. The van der Waals surface area contributed by atoms with Gasteiger partial charge in [-0.1, -0.05) is 140 Å². The number of carbonyl (C=O) groups excluding carboxylic acids is 2. The third-order valence-electron chi connectivity index (χ3n) is 9.18. The van der Waals surface area contributed by atoms with Crippen LogP contribution in [0.2, 0.25) is 0 Å². The molecule has 0 amide bonds. The summed E-state index contributed by atoms with van der Waals surface area (Å²) >= 11 is 0. The van der Waals surface area contributed by atoms with Crippen molar-refractivity contribution in [1.82, 2.24) is 0 Å². The molecule has 4 N–H and O–H groups in total. The number of esters is 2. The van der Waals surface area contributed by atoms with Gasteiger partial charge in [0.1, 0.15) is 12.7 Å². The molecule has 3 unspecified atom stereocenters. The highest BCUT2D eigenvalue weighted by atomic mass is 31.2. The van der Waals surface area contributed by atoms with Crippen LogP contribution in [-0.4, -0.2) is 70.4 Å². The second-order valence-corrected chi connectivity index (χ2v) is 17.7. The molecule has 344 valence electrons. The summed E-state index contributed by atoms with van der Waals surface area (Å²) in [6.45, 7) is 1.70. The average molecular weight is 879 g/mol. The van der Waals surface area contributed by atoms with Gasteiger partial charge >= 0.3 is 27.6 Å². The highest BCUT2D eigenvalue weighted by molar-refractivity contribution is 7.47. The molecule has 13 nitrogen and oxygen atoms in total. The first-order chi connectivity index (χ1) is 28.4. The summed E-state index contributed by atoms with van der Waals surface area (Å²) in [5.74, 6) is -1.06. The number of hydrogen-bond acceptors (Lipinski definition) is 10. The fourth-order valence-corrected chi connectivity index (χ4v) is 6.92. The van der Waals surface area contributed by atoms with Gasteiger partial charge in [0.15, 0.2) is 6.10 Å². The van der Waals surface area contributed by atoms with Crippen molar-refractivity contribution in [3.63, 3.8) is 0 Å². The van der Waals surface area contributed by atoms with Gasteiger partial charge in [-0.3, -0.25) is 23.2 Å². The van der Waals surface area contributed by atoms with E-state index in [0.717, 1.165) is 77.0 Å². The number of ether oxygens (including phenoxy) is 2. The van der Waals surface area contributed by atoms with Crippen LogP contribution in [0.3, 0.4) is 0 Å². The zero-order valence-corrected chi connectivity index (χ0v) is 38.1. The fraction of sp³-hybridized carbons (Fsp3) is 0.773. The maximum absolute atomic E-state index is 12.7. The highest BCUT2D eigenvalue weighted by Crippen LogP contribution is 2.43. The molecule has 0 bridgehead atoms. The second-order valence-electron chi connectivity index (χ2n) is 15.0. The van der Waals surface area contributed by atoms with Crippen LogP contribution in [0.1, 0.15) is 181 Å². The van der Waals surface area contributed by atoms with Crippen LogP contribution < -0.4 is 0 Å². The second kappa shape index (κ2) is 40.2. The Balaban J connectivity index is 4.56. The number of allylic oxidation sites excluding steroid dienone is 8. The van der Waals surface area contributed by atoms with E-state index in [0.29, 0.717) is 12.8 Å². The minimum Gasteiger partial charge on any atom is -0.462 e. The van der Waals surface area contributed by atoms with Crippen molar-refractivity contribution in [1.29, 1.82) is 0 Å². The van der Waals surface area contributed by atoms with Crippen LogP contribution >= 0.6 is 15.6 Å². The third kappa shape index (κ3) is 44.0. The topological polar surface area (TPSA) is 195 Å². The van der Waals surface area contributed by atoms with Crippen LogP contribution in [0.5, 0.6) is 0 Å². The molecular formula is C44H80O13P2. The van der Waals surface area contributed by atoms with Crippen molar-refractivity contribution in [3.05, 3.63) is 48.6 Å². The molecule has 59 heavy (non-hydrogen) atoms. The first kappa shape index (κ1) is 57.1. The molecule has 0 aromatic carbocycles. The van der Waals surface area contributed by atoms with Gasteiger partial charge in [-0.25, -0.2) is 9.13 Å². The normalized spacial score (nSPS) is 14.5. The number of carbonyl (C=O) groups is 2. The molecule has 0 saturated heterocycles. The van der Waals surface area contributed by atoms with E-state index in [1.54, 1.807) is 0 Å². The maximum Gasteiger partial charge on any atom is 0.472 e. The fourth-order valence-electron chi connectivity index (χ4n) is 5.76. The van der Waals surface area contributed by atoms with Crippen molar-refractivity contribution < 1.29 is 61.6 Å². The lowest BCUT2D eigenvalue weighted by atomic mass is 10.1. The summed E-state index contributed by atoms with van der Waals surface area (Å²) in [4.78, 5) is 52.7. The lowest BCUT2D eigenvalue weighted by molar-refractivity contribution is -0.161. The minimum atomic E-state index is -4.87. The lowest BCUT2D eigenvalue weighted by Gasteiger charge is -2.20. The minimum absolute atomic E-state index is 0.104. The molecule has 15 heteroatoms. The molecular weight excluding hydrogens is 798 g/mol. The van der Waals surface area contributed by atoms with E-state index in [2.05, 4.69) is 71.5 Å². The number of aliphatic hydroxyl groups excluding tert-OH is 1. The van der Waals surface area contributed by atoms with Crippen molar-refractivity contribution in [2.45, 2.75) is 193 Å². The first-order valence-corrected chi connectivity index (χ1v) is 25.4. The maximum atomic E-state index is 12.7. The zero-order valence-electron chi connectivity index (χ0n) is 36.3. The summed E-state index contributed by atoms with van der Waals surface area (Å²) in [7, 11) is -9.68. The molecule has 0 aromatic heterocycles. The number of phosphoric ester groups is 2. The molecule has 0 saturated carbocycles. The lowest BCUT2D eigenvalue weighted by Crippen LogP contribution is -2.30. The van der Waals surface area contributed by atoms with Gasteiger partial charge in [0.05, 0.1) is 19.8 Å². The number of hydrogen-bond donors (Lipinski definition) is 4. The van der Waals surface area contributed by atoms with E-state index in [-0.39, 0.29) is 12.8 Å². The summed E-state index contributed by atoms with van der Waals surface area (Å²) in [6, 6.07) is 0. The summed E-state index contributed by atoms with van der Waals surface area (Å²) in [5, 5.41) is 9.75. The smallest absolute Gasteiger partial charge is 0.462 e. The van der Waals surface area contributed by atoms with Crippen LogP contribution in [0, 0.1) is 0 Å². The van der Waals surface area contributed by atoms with Gasteiger partial charge in [-0.2, -0.15) is 0 Å². The summed E-state index contributed by atoms with van der Waals surface area (Å²) in [5.41, 5.74) is 0. The number of aliphatic hydroxyl groups is 1. The van der Waals surface area contributed by atoms with Crippen LogP contribution in [-0.2, 0) is 41.8 Å². The molecule has 0 aromatic rings. The predicted octanol–water partition coefficient (Wildman–Crippen LogP) is 11.5. The van der Waals surface area contributed by atoms with E-state index in [1.807, 2.05) is 0 Å². The molecule has 0 radical (unpaired) electrons. The predicted molar refractivity (Wildman–Crippen MR) is 235 cm³/mol. The summed E-state index contributed by atoms with van der Waals surface area (Å²) < 4.78 is 47.8. The van der Waals surface area contributed by atoms with Crippen molar-refractivity contribution in [3.8, 4) is 0 Å². The Morgan fingerprint density at radius 3 is 1.41 bits per heavy atom. The zero-order chi connectivity index (χ0) is 43.7. The first-order valence-electron chi connectivity index (χ1n) is 22.3. The SMILES string of the molecule is CCCCCC=CCC=CCC=CCCCCCCC(=O)OC(COC(=O)CCCCCCCCCC=CCCCCCC)COP(=O)(O)OCC(O)COP(=O)(O)O. The van der Waals surface area contributed by atoms with Crippen molar-refractivity contribution >= 4 is 27.6 Å². The molecule has 0 rings (SSSR count). The Bertz CT molecular complexity index is 1230. The molecule has 0 aliphatic rings. The molecule has 3 atom stereocenters. The van der Waals surface area contributed by atoms with Crippen molar-refractivity contribution in [2.75, 3.05) is 26.4 Å². The Kier molecular flexibility index (Phi) is 38.9. The Labute approximate surface area is 356 Å². The van der Waals surface area contributed by atoms with Crippen molar-refractivity contribution in [2.24, 2.45) is 0 Å². The van der Waals surface area contributed by atoms with Gasteiger partial charge < -0.3 is 29.3 Å². The van der Waals surface area contributed by atoms with Gasteiger partial charge in [-0.15, -0.1) is 0 Å². The quantitative estimate of drug-likeness (QED) is 0.0196. The van der Waals surface area contributed by atoms with Gasteiger partial charge in [-0.05, 0) is 77.0 Å². The molecule has 0 spiro atoms. The number of unbranched alkanes of at least 4 members (excludes halogenated alkanes) is 18. The van der Waals surface area contributed by atoms with Gasteiger partial charge in [0.25, 0.3) is 0 Å². The highest BCUT2D eigenvalue weighted by Gasteiger charge is 2.28. The van der Waals surface area contributed by atoms with Crippen LogP contribution in [0.25, 0.3) is 0 Å². The third-order valence-corrected chi connectivity index (χ3v) is 10.6. The van der Waals surface area contributed by atoms with E-state index < -0.39 is 66.2 Å². The van der Waals surface area contributed by atoms with E-state index >= 15 is 0 Å². The average Bonchev–Trinajstić information content (AvgIpc) is 3.19. The number of phosphoric acid groups is 2. The van der Waals surface area contributed by atoms with E-state index in [9.17, 15) is 28.7 Å². The molecule has 0 aliphatic heterocycles. The Hall–Kier alpha value is -1.92. The molecule has 0 aliphatic carbocycles. The summed E-state index contributed by atoms with van der Waals surface area (Å²) in [6.07, 6.45) is 40.9. The Morgan fingerprint density at radius 1 is 0.492 bits per heavy atom. The van der Waals surface area contributed by atoms with Gasteiger partial charge in [0, 0.05) is 12.8 Å². The van der Waals surface area contributed by atoms with Crippen LogP contribution in [0.4, 0.5) is 0 Å². The number of rotatable bonds is 42. The largest absolute Gasteiger partial charge is 0.472 e. The Morgan fingerprint density at radius 2 is 0.881 bits per heavy atom. The van der Waals surface area contributed by atoms with Crippen LogP contribution in [0.15, 0.2) is 48.6 Å². The molecule has 0 fully saturated rings. The van der Waals surface area contributed by atoms with E-state index in [4.69, 9.17) is 23.8 Å². The molecule has 0 heterocycles. The standard InChI is InChI=1S/C44H80O13P2/c1-3-5-7-9-11-13-15-17-19-20-22-24-26-28-30-32-34-36-44(47)57-42(40-56-59(51,52)55-38-41(45)37-54-58(48,49)50)39-53-43(46)35-33-31-29-27-25-23-21-18-16-14-12-10-8-6-4-2/h11,13-14,16-17,19,22,24,41-42,45H,3-10,12,15,18,20-21,23,25-40H2,1-2H3,(H,51,52)(H2,48,49,50). The van der Waals surface area contributed by atoms with Gasteiger partial charge in [0.2, 0.25) is 0 Å².